The highest BCUT2D eigenvalue weighted by atomic mass is 16.7. The second-order valence-electron chi connectivity index (χ2n) is 14.6. The minimum absolute atomic E-state index is 0.0172. The lowest BCUT2D eigenvalue weighted by Crippen LogP contribution is -2.47. The lowest BCUT2D eigenvalue weighted by molar-refractivity contribution is -0.305. The van der Waals surface area contributed by atoms with Crippen LogP contribution in [-0.4, -0.2) is 103 Å². The fourth-order valence-electron chi connectivity index (χ4n) is 5.90. The van der Waals surface area contributed by atoms with Gasteiger partial charge in [0.2, 0.25) is 0 Å². The van der Waals surface area contributed by atoms with Crippen LogP contribution in [0.15, 0.2) is 48.5 Å². The van der Waals surface area contributed by atoms with Gasteiger partial charge in [-0.25, -0.2) is 9.59 Å². The molecule has 0 saturated carbocycles. The first kappa shape index (κ1) is 42.7. The van der Waals surface area contributed by atoms with E-state index in [1.165, 1.54) is 14.2 Å². The van der Waals surface area contributed by atoms with Crippen molar-refractivity contribution >= 4 is 17.9 Å². The van der Waals surface area contributed by atoms with Crippen LogP contribution in [-0.2, 0) is 28.5 Å². The summed E-state index contributed by atoms with van der Waals surface area (Å²) in [4.78, 5) is 38.2. The van der Waals surface area contributed by atoms with Gasteiger partial charge in [0.1, 0.15) is 23.7 Å². The van der Waals surface area contributed by atoms with E-state index in [2.05, 4.69) is 0 Å². The molecule has 0 unspecified atom stereocenters. The van der Waals surface area contributed by atoms with Gasteiger partial charge in [0.05, 0.1) is 61.8 Å². The maximum atomic E-state index is 13.1. The summed E-state index contributed by atoms with van der Waals surface area (Å²) in [6.45, 7) is 8.57. The zero-order chi connectivity index (χ0) is 38.5. The van der Waals surface area contributed by atoms with Gasteiger partial charge in [-0.3, -0.25) is 4.79 Å². The van der Waals surface area contributed by atoms with E-state index in [9.17, 15) is 29.7 Å². The molecule has 0 spiro atoms. The van der Waals surface area contributed by atoms with E-state index in [-0.39, 0.29) is 57.7 Å². The largest absolute Gasteiger partial charge is 0.497 e. The highest BCUT2D eigenvalue weighted by molar-refractivity contribution is 5.90. The molecule has 52 heavy (non-hydrogen) atoms. The number of aliphatic hydroxyl groups is 3. The Labute approximate surface area is 306 Å². The molecule has 1 heterocycles. The van der Waals surface area contributed by atoms with Gasteiger partial charge >= 0.3 is 17.9 Å². The van der Waals surface area contributed by atoms with Crippen LogP contribution in [0.2, 0.25) is 0 Å². The van der Waals surface area contributed by atoms with Crippen molar-refractivity contribution in [1.82, 2.24) is 0 Å². The van der Waals surface area contributed by atoms with E-state index < -0.39 is 59.8 Å². The van der Waals surface area contributed by atoms with E-state index in [0.29, 0.717) is 29.0 Å². The zero-order valence-electron chi connectivity index (χ0n) is 31.4. The molecule has 2 aromatic rings. The minimum atomic E-state index is -1.03. The number of ether oxygens (including phenoxy) is 7. The Kier molecular flexibility index (Phi) is 16.3. The quantitative estimate of drug-likeness (QED) is 0.130. The zero-order valence-corrected chi connectivity index (χ0v) is 31.4. The maximum Gasteiger partial charge on any atom is 0.338 e. The molecule has 13 heteroatoms. The molecule has 1 saturated heterocycles. The van der Waals surface area contributed by atoms with Crippen molar-refractivity contribution in [1.29, 1.82) is 0 Å². The number of rotatable bonds is 19. The third-order valence-corrected chi connectivity index (χ3v) is 8.50. The summed E-state index contributed by atoms with van der Waals surface area (Å²) < 4.78 is 39.6. The molecule has 3 N–H and O–H groups in total. The molecule has 6 atom stereocenters. The van der Waals surface area contributed by atoms with Gasteiger partial charge < -0.3 is 48.5 Å². The SMILES string of the molecule is COc1ccc(C(=O)O[C@H](CCO)C[C@H](O)C[C@H](O)C[C@@H]2C[C@@H](C[C@H](CCOC(=O)C(C)(C)C)OC(=O)c3ccc(OC)cc3)OC(C)(C)O2)cc1. The number of hydrogen-bond donors (Lipinski definition) is 3. The van der Waals surface area contributed by atoms with E-state index in [4.69, 9.17) is 33.2 Å². The highest BCUT2D eigenvalue weighted by Crippen LogP contribution is 2.33. The molecule has 0 aromatic heterocycles. The molecule has 3 rings (SSSR count). The first-order chi connectivity index (χ1) is 24.5. The first-order valence-corrected chi connectivity index (χ1v) is 17.7. The van der Waals surface area contributed by atoms with Gasteiger partial charge in [-0.1, -0.05) is 0 Å². The molecule has 0 aliphatic carbocycles. The summed E-state index contributed by atoms with van der Waals surface area (Å²) >= 11 is 0. The highest BCUT2D eigenvalue weighted by Gasteiger charge is 2.38. The van der Waals surface area contributed by atoms with Gasteiger partial charge in [-0.15, -0.1) is 0 Å². The predicted molar refractivity (Wildman–Crippen MR) is 190 cm³/mol. The average molecular weight is 733 g/mol. The molecule has 0 amide bonds. The Morgan fingerprint density at radius 3 is 1.75 bits per heavy atom. The maximum absolute atomic E-state index is 13.1. The second-order valence-corrected chi connectivity index (χ2v) is 14.6. The van der Waals surface area contributed by atoms with Crippen LogP contribution in [0, 0.1) is 5.41 Å². The lowest BCUT2D eigenvalue weighted by atomic mass is 9.95. The topological polar surface area (TPSA) is 177 Å². The predicted octanol–water partition coefficient (Wildman–Crippen LogP) is 5.01. The fourth-order valence-corrected chi connectivity index (χ4v) is 5.90. The van der Waals surface area contributed by atoms with Crippen molar-refractivity contribution in [2.24, 2.45) is 5.41 Å². The number of methoxy groups -OCH3 is 2. The molecular weight excluding hydrogens is 676 g/mol. The number of hydrogen-bond acceptors (Lipinski definition) is 13. The molecule has 1 aliphatic heterocycles. The monoisotopic (exact) mass is 732 g/mol. The van der Waals surface area contributed by atoms with Crippen LogP contribution in [0.4, 0.5) is 0 Å². The summed E-state index contributed by atoms with van der Waals surface area (Å²) in [5.74, 6) is -1.36. The van der Waals surface area contributed by atoms with Crippen molar-refractivity contribution < 1.29 is 62.9 Å². The van der Waals surface area contributed by atoms with Crippen LogP contribution in [0.5, 0.6) is 11.5 Å². The van der Waals surface area contributed by atoms with E-state index in [0.717, 1.165) is 0 Å². The summed E-state index contributed by atoms with van der Waals surface area (Å²) in [6.07, 6.45) is -3.18. The van der Waals surface area contributed by atoms with Crippen molar-refractivity contribution in [2.45, 2.75) is 122 Å². The third kappa shape index (κ3) is 14.3. The Balaban J connectivity index is 1.61. The van der Waals surface area contributed by atoms with Gasteiger partial charge in [0, 0.05) is 38.7 Å². The molecule has 2 aromatic carbocycles. The number of esters is 3. The van der Waals surface area contributed by atoms with E-state index in [1.807, 2.05) is 0 Å². The Morgan fingerprint density at radius 2 is 1.27 bits per heavy atom. The van der Waals surface area contributed by atoms with Crippen LogP contribution < -0.4 is 9.47 Å². The Hall–Kier alpha value is -3.75. The molecule has 1 fully saturated rings. The summed E-state index contributed by atoms with van der Waals surface area (Å²) in [7, 11) is 3.05. The standard InChI is InChI=1S/C39H56O13/c1-38(2,3)37(45)48-19-17-32(50-36(44)26-10-14-30(47-7)15-11-26)23-34-24-33(51-39(4,5)52-34)22-28(42)20-27(41)21-31(16-18-40)49-35(43)25-8-12-29(46-6)13-9-25/h8-15,27-28,31-34,40-42H,16-24H2,1-7H3/t27-,28+,31-,32+,33-,34-/m1/s1. The average Bonchev–Trinajstić information content (AvgIpc) is 3.06. The van der Waals surface area contributed by atoms with Gasteiger partial charge in [-0.05, 0) is 96.0 Å². The van der Waals surface area contributed by atoms with Crippen LogP contribution in [0.3, 0.4) is 0 Å². The number of carbonyl (C=O) groups is 3. The van der Waals surface area contributed by atoms with Gasteiger partial charge in [0.15, 0.2) is 5.79 Å². The van der Waals surface area contributed by atoms with Crippen LogP contribution >= 0.6 is 0 Å². The summed E-state index contributed by atoms with van der Waals surface area (Å²) in [5.41, 5.74) is -0.0515. The second kappa shape index (κ2) is 19.9. The minimum Gasteiger partial charge on any atom is -0.497 e. The lowest BCUT2D eigenvalue weighted by Gasteiger charge is -2.42. The first-order valence-electron chi connectivity index (χ1n) is 17.7. The molecule has 0 radical (unpaired) electrons. The molecule has 290 valence electrons. The molecule has 13 nitrogen and oxygen atoms in total. The Morgan fingerprint density at radius 1 is 0.769 bits per heavy atom. The van der Waals surface area contributed by atoms with E-state index in [1.54, 1.807) is 83.1 Å². The number of carbonyl (C=O) groups excluding carboxylic acids is 3. The van der Waals surface area contributed by atoms with Gasteiger partial charge in [-0.2, -0.15) is 0 Å². The normalized spacial score (nSPS) is 19.4. The smallest absolute Gasteiger partial charge is 0.338 e. The number of benzene rings is 2. The molecule has 1 aliphatic rings. The van der Waals surface area contributed by atoms with Crippen molar-refractivity contribution in [3.05, 3.63) is 59.7 Å². The van der Waals surface area contributed by atoms with Gasteiger partial charge in [0.25, 0.3) is 0 Å². The third-order valence-electron chi connectivity index (χ3n) is 8.50. The van der Waals surface area contributed by atoms with E-state index >= 15 is 0 Å². The van der Waals surface area contributed by atoms with Crippen molar-refractivity contribution in [3.8, 4) is 11.5 Å². The van der Waals surface area contributed by atoms with Crippen molar-refractivity contribution in [3.63, 3.8) is 0 Å². The molecular formula is C39H56O13. The summed E-state index contributed by atoms with van der Waals surface area (Å²) in [6, 6.07) is 12.9. The van der Waals surface area contributed by atoms with Crippen LogP contribution in [0.25, 0.3) is 0 Å². The molecule has 0 bridgehead atoms. The fraction of sp³-hybridized carbons (Fsp3) is 0.615. The Bertz CT molecular complexity index is 1400. The number of aliphatic hydroxyl groups excluding tert-OH is 3. The van der Waals surface area contributed by atoms with Crippen molar-refractivity contribution in [2.75, 3.05) is 27.4 Å². The van der Waals surface area contributed by atoms with Crippen LogP contribution in [0.1, 0.15) is 100 Å². The summed E-state index contributed by atoms with van der Waals surface area (Å²) in [5, 5.41) is 31.4.